The molecule has 0 atom stereocenters. The maximum atomic E-state index is 11.7. The van der Waals surface area contributed by atoms with Crippen molar-refractivity contribution in [2.75, 3.05) is 0 Å². The van der Waals surface area contributed by atoms with E-state index in [1.165, 1.54) is 0 Å². The van der Waals surface area contributed by atoms with Gasteiger partial charge in [0.2, 0.25) is 0 Å². The van der Waals surface area contributed by atoms with Crippen LogP contribution in [0.3, 0.4) is 0 Å². The Bertz CT molecular complexity index is 1070. The summed E-state index contributed by atoms with van der Waals surface area (Å²) >= 11 is 5.94. The molecule has 25 heavy (non-hydrogen) atoms. The van der Waals surface area contributed by atoms with E-state index in [9.17, 15) is 4.79 Å². The summed E-state index contributed by atoms with van der Waals surface area (Å²) in [7, 11) is 0. The van der Waals surface area contributed by atoms with Crippen molar-refractivity contribution < 1.29 is 4.79 Å². The Morgan fingerprint density at radius 3 is 2.32 bits per heavy atom. The molecule has 2 aromatic heterocycles. The monoisotopic (exact) mass is 347 g/mol. The summed E-state index contributed by atoms with van der Waals surface area (Å²) in [6.07, 6.45) is 2.63. The van der Waals surface area contributed by atoms with Gasteiger partial charge in [0.05, 0.1) is 11.3 Å². The van der Waals surface area contributed by atoms with E-state index in [2.05, 4.69) is 10.1 Å². The molecule has 0 aliphatic heterocycles. The van der Waals surface area contributed by atoms with Gasteiger partial charge in [-0.1, -0.05) is 53.6 Å². The first kappa shape index (κ1) is 15.5. The molecule has 0 saturated carbocycles. The molecule has 2 heterocycles. The lowest BCUT2D eigenvalue weighted by molar-refractivity contribution is 0.112. The molecule has 0 aliphatic carbocycles. The predicted molar refractivity (Wildman–Crippen MR) is 99.0 cm³/mol. The first-order valence-corrected chi connectivity index (χ1v) is 8.21. The molecule has 0 spiro atoms. The third kappa shape index (κ3) is 2.81. The minimum Gasteiger partial charge on any atom is -0.298 e. The number of aromatic nitrogens is 3. The Morgan fingerprint density at radius 1 is 0.960 bits per heavy atom. The highest BCUT2D eigenvalue weighted by atomic mass is 35.5. The van der Waals surface area contributed by atoms with Crippen LogP contribution in [0.4, 0.5) is 0 Å². The summed E-state index contributed by atoms with van der Waals surface area (Å²) < 4.78 is 1.64. The van der Waals surface area contributed by atoms with Crippen molar-refractivity contribution in [1.29, 1.82) is 0 Å². The van der Waals surface area contributed by atoms with Gasteiger partial charge in [0.15, 0.2) is 11.9 Å². The predicted octanol–water partition coefficient (Wildman–Crippen LogP) is 4.84. The smallest absolute Gasteiger partial charge is 0.166 e. The minimum atomic E-state index is 0.486. The molecule has 4 rings (SSSR count). The average molecular weight is 348 g/mol. The van der Waals surface area contributed by atoms with Crippen LogP contribution < -0.4 is 0 Å². The second-order valence-corrected chi connectivity index (χ2v) is 6.27. The third-order valence-electron chi connectivity index (χ3n) is 4.10. The topological polar surface area (TPSA) is 47.3 Å². The zero-order valence-corrected chi connectivity index (χ0v) is 14.2. The van der Waals surface area contributed by atoms with Crippen molar-refractivity contribution in [3.05, 3.63) is 76.9 Å². The fraction of sp³-hybridized carbons (Fsp3) is 0.0500. The lowest BCUT2D eigenvalue weighted by atomic mass is 10.1. The summed E-state index contributed by atoms with van der Waals surface area (Å²) in [5.74, 6) is 0. The molecule has 4 nitrogen and oxygen atoms in total. The summed E-state index contributed by atoms with van der Waals surface area (Å²) in [5.41, 5.74) is 5.41. The maximum Gasteiger partial charge on any atom is 0.166 e. The molecule has 2 aromatic carbocycles. The fourth-order valence-corrected chi connectivity index (χ4v) is 2.89. The Kier molecular flexibility index (Phi) is 3.82. The number of aldehydes is 1. The molecule has 0 saturated heterocycles. The van der Waals surface area contributed by atoms with Gasteiger partial charge in [0, 0.05) is 22.3 Å². The molecule has 122 valence electrons. The van der Waals surface area contributed by atoms with Crippen LogP contribution in [-0.4, -0.2) is 20.9 Å². The van der Waals surface area contributed by atoms with Crippen LogP contribution in [0.15, 0.2) is 60.8 Å². The normalized spacial score (nSPS) is 11.0. The van der Waals surface area contributed by atoms with E-state index in [4.69, 9.17) is 11.6 Å². The van der Waals surface area contributed by atoms with Crippen molar-refractivity contribution >= 4 is 23.5 Å². The first-order chi connectivity index (χ1) is 12.2. The van der Waals surface area contributed by atoms with Gasteiger partial charge in [-0.25, -0.2) is 9.50 Å². The van der Waals surface area contributed by atoms with E-state index in [0.717, 1.165) is 28.7 Å². The Labute approximate surface area is 149 Å². The van der Waals surface area contributed by atoms with Gasteiger partial charge in [0.1, 0.15) is 5.69 Å². The highest BCUT2D eigenvalue weighted by Gasteiger charge is 2.16. The number of nitrogens with zero attached hydrogens (tertiary/aromatic N) is 3. The van der Waals surface area contributed by atoms with Crippen LogP contribution in [0, 0.1) is 6.92 Å². The summed E-state index contributed by atoms with van der Waals surface area (Å²) in [6, 6.07) is 17.2. The van der Waals surface area contributed by atoms with Gasteiger partial charge in [-0.15, -0.1) is 0 Å². The standard InChI is InChI=1S/C20H14ClN3O/c1-13-2-4-15(5-3-13)19-17(12-25)20-22-18(10-11-24(20)23-19)14-6-8-16(21)9-7-14/h2-12H,1H3. The van der Waals surface area contributed by atoms with Crippen molar-refractivity contribution in [2.45, 2.75) is 6.92 Å². The molecule has 0 amide bonds. The van der Waals surface area contributed by atoms with E-state index < -0.39 is 0 Å². The number of fused-ring (bicyclic) bond motifs is 1. The SMILES string of the molecule is Cc1ccc(-c2nn3ccc(-c4ccc(Cl)cc4)nc3c2C=O)cc1. The van der Waals surface area contributed by atoms with E-state index >= 15 is 0 Å². The van der Waals surface area contributed by atoms with Crippen molar-refractivity contribution in [3.63, 3.8) is 0 Å². The van der Waals surface area contributed by atoms with Gasteiger partial charge in [0.25, 0.3) is 0 Å². The number of hydrogen-bond donors (Lipinski definition) is 0. The third-order valence-corrected chi connectivity index (χ3v) is 4.36. The second kappa shape index (κ2) is 6.15. The van der Waals surface area contributed by atoms with Crippen LogP contribution in [0.1, 0.15) is 15.9 Å². The van der Waals surface area contributed by atoms with Gasteiger partial charge < -0.3 is 0 Å². The van der Waals surface area contributed by atoms with Crippen LogP contribution in [0.5, 0.6) is 0 Å². The molecule has 4 aromatic rings. The van der Waals surface area contributed by atoms with E-state index in [0.29, 0.717) is 21.9 Å². The summed E-state index contributed by atoms with van der Waals surface area (Å²) in [4.78, 5) is 16.4. The van der Waals surface area contributed by atoms with Gasteiger partial charge in [-0.2, -0.15) is 5.10 Å². The largest absolute Gasteiger partial charge is 0.298 e. The van der Waals surface area contributed by atoms with Gasteiger partial charge in [-0.3, -0.25) is 4.79 Å². The van der Waals surface area contributed by atoms with Crippen molar-refractivity contribution in [2.24, 2.45) is 0 Å². The molecule has 0 aliphatic rings. The number of carbonyl (C=O) groups is 1. The highest BCUT2D eigenvalue weighted by Crippen LogP contribution is 2.26. The van der Waals surface area contributed by atoms with E-state index in [-0.39, 0.29) is 0 Å². The molecular weight excluding hydrogens is 334 g/mol. The zero-order chi connectivity index (χ0) is 17.4. The molecule has 0 radical (unpaired) electrons. The molecule has 0 unspecified atom stereocenters. The number of hydrogen-bond acceptors (Lipinski definition) is 3. The van der Waals surface area contributed by atoms with Crippen molar-refractivity contribution in [1.82, 2.24) is 14.6 Å². The van der Waals surface area contributed by atoms with Gasteiger partial charge >= 0.3 is 0 Å². The molecule has 5 heteroatoms. The number of carbonyl (C=O) groups excluding carboxylic acids is 1. The Balaban J connectivity index is 1.88. The molecule has 0 fully saturated rings. The number of rotatable bonds is 3. The van der Waals surface area contributed by atoms with Crippen LogP contribution in [0.2, 0.25) is 5.02 Å². The van der Waals surface area contributed by atoms with Crippen LogP contribution in [-0.2, 0) is 0 Å². The minimum absolute atomic E-state index is 0.486. The number of benzene rings is 2. The van der Waals surface area contributed by atoms with E-state index in [1.807, 2.05) is 67.7 Å². The lowest BCUT2D eigenvalue weighted by Crippen LogP contribution is -1.93. The van der Waals surface area contributed by atoms with Crippen LogP contribution in [0.25, 0.3) is 28.2 Å². The highest BCUT2D eigenvalue weighted by molar-refractivity contribution is 6.30. The average Bonchev–Trinajstić information content (AvgIpc) is 3.00. The maximum absolute atomic E-state index is 11.7. The number of halogens is 1. The van der Waals surface area contributed by atoms with Crippen LogP contribution >= 0.6 is 11.6 Å². The van der Waals surface area contributed by atoms with Gasteiger partial charge in [-0.05, 0) is 25.1 Å². The summed E-state index contributed by atoms with van der Waals surface area (Å²) in [6.45, 7) is 2.02. The van der Waals surface area contributed by atoms with E-state index in [1.54, 1.807) is 4.52 Å². The fourth-order valence-electron chi connectivity index (χ4n) is 2.76. The lowest BCUT2D eigenvalue weighted by Gasteiger charge is -2.02. The first-order valence-electron chi connectivity index (χ1n) is 7.83. The Hall–Kier alpha value is -2.98. The number of aryl methyl sites for hydroxylation is 1. The molecular formula is C20H14ClN3O. The van der Waals surface area contributed by atoms with Crippen molar-refractivity contribution in [3.8, 4) is 22.5 Å². The zero-order valence-electron chi connectivity index (χ0n) is 13.5. The molecule has 0 N–H and O–H groups in total. The summed E-state index contributed by atoms with van der Waals surface area (Å²) in [5, 5.41) is 5.20. The quantitative estimate of drug-likeness (QED) is 0.498. The Morgan fingerprint density at radius 2 is 1.64 bits per heavy atom. The second-order valence-electron chi connectivity index (χ2n) is 5.83. The molecule has 0 bridgehead atoms.